The molecule has 4 heteroatoms. The first-order valence-corrected chi connectivity index (χ1v) is 8.05. The quantitative estimate of drug-likeness (QED) is 0.755. The van der Waals surface area contributed by atoms with Gasteiger partial charge < -0.3 is 14.8 Å². The predicted molar refractivity (Wildman–Crippen MR) is 88.7 cm³/mol. The average Bonchev–Trinajstić information content (AvgIpc) is 2.89. The lowest BCUT2D eigenvalue weighted by Gasteiger charge is -2.14. The summed E-state index contributed by atoms with van der Waals surface area (Å²) in [7, 11) is 1.66. The van der Waals surface area contributed by atoms with E-state index in [1.165, 1.54) is 9.75 Å². The highest BCUT2D eigenvalue weighted by atomic mass is 32.1. The van der Waals surface area contributed by atoms with Gasteiger partial charge in [-0.1, -0.05) is 12.1 Å². The minimum atomic E-state index is 0.448. The molecule has 0 spiro atoms. The van der Waals surface area contributed by atoms with E-state index in [0.717, 1.165) is 24.5 Å². The Morgan fingerprint density at radius 1 is 1.14 bits per heavy atom. The molecular weight excluding hydrogens is 282 g/mol. The third kappa shape index (κ3) is 5.06. The first-order valence-electron chi connectivity index (χ1n) is 7.23. The zero-order chi connectivity index (χ0) is 15.1. The molecule has 1 aromatic carbocycles. The van der Waals surface area contributed by atoms with E-state index < -0.39 is 0 Å². The summed E-state index contributed by atoms with van der Waals surface area (Å²) in [5.74, 6) is 1.57. The Morgan fingerprint density at radius 3 is 2.57 bits per heavy atom. The highest BCUT2D eigenvalue weighted by Gasteiger charge is 2.06. The number of ether oxygens (including phenoxy) is 2. The Balaban J connectivity index is 1.69. The molecule has 21 heavy (non-hydrogen) atoms. The zero-order valence-corrected chi connectivity index (χ0v) is 13.7. The van der Waals surface area contributed by atoms with E-state index in [2.05, 4.69) is 31.3 Å². The minimum Gasteiger partial charge on any atom is -0.493 e. The number of hydrogen-bond donors (Lipinski definition) is 1. The summed E-state index contributed by atoms with van der Waals surface area (Å²) < 4.78 is 11.0. The van der Waals surface area contributed by atoms with Crippen LogP contribution in [0.2, 0.25) is 0 Å². The second-order valence-electron chi connectivity index (χ2n) is 5.07. The molecule has 0 aliphatic rings. The van der Waals surface area contributed by atoms with Gasteiger partial charge in [-0.25, -0.2) is 0 Å². The van der Waals surface area contributed by atoms with Crippen LogP contribution >= 0.6 is 11.3 Å². The van der Waals surface area contributed by atoms with E-state index in [1.807, 2.05) is 35.6 Å². The first-order chi connectivity index (χ1) is 10.2. The van der Waals surface area contributed by atoms with Crippen molar-refractivity contribution >= 4 is 11.3 Å². The van der Waals surface area contributed by atoms with E-state index >= 15 is 0 Å². The Morgan fingerprint density at radius 2 is 1.90 bits per heavy atom. The van der Waals surface area contributed by atoms with Crippen molar-refractivity contribution in [3.05, 3.63) is 46.2 Å². The lowest BCUT2D eigenvalue weighted by atomic mass is 10.2. The summed E-state index contributed by atoms with van der Waals surface area (Å²) in [6, 6.07) is 12.6. The van der Waals surface area contributed by atoms with Crippen molar-refractivity contribution in [2.24, 2.45) is 0 Å². The van der Waals surface area contributed by atoms with Gasteiger partial charge >= 0.3 is 0 Å². The zero-order valence-electron chi connectivity index (χ0n) is 12.9. The molecule has 0 aliphatic carbocycles. The number of aryl methyl sites for hydroxylation is 1. The summed E-state index contributed by atoms with van der Waals surface area (Å²) in [6.07, 6.45) is 1.06. The van der Waals surface area contributed by atoms with Gasteiger partial charge in [0.25, 0.3) is 0 Å². The molecule has 2 aromatic rings. The molecule has 1 N–H and O–H groups in total. The minimum absolute atomic E-state index is 0.448. The van der Waals surface area contributed by atoms with Crippen molar-refractivity contribution in [3.8, 4) is 11.5 Å². The smallest absolute Gasteiger partial charge is 0.161 e. The largest absolute Gasteiger partial charge is 0.493 e. The van der Waals surface area contributed by atoms with Crippen LogP contribution in [-0.4, -0.2) is 26.3 Å². The fraction of sp³-hybridized carbons (Fsp3) is 0.412. The second kappa shape index (κ2) is 8.05. The van der Waals surface area contributed by atoms with Crippen molar-refractivity contribution in [2.45, 2.75) is 26.3 Å². The molecule has 3 nitrogen and oxygen atoms in total. The van der Waals surface area contributed by atoms with Crippen molar-refractivity contribution < 1.29 is 9.47 Å². The van der Waals surface area contributed by atoms with Crippen LogP contribution in [0.1, 0.15) is 16.7 Å². The van der Waals surface area contributed by atoms with Gasteiger partial charge in [0.2, 0.25) is 0 Å². The van der Waals surface area contributed by atoms with Gasteiger partial charge in [0.15, 0.2) is 11.5 Å². The SMILES string of the molecule is COc1ccccc1OCCNC(C)Cc1ccc(C)s1. The molecule has 0 aliphatic heterocycles. The summed E-state index contributed by atoms with van der Waals surface area (Å²) in [5, 5.41) is 3.49. The van der Waals surface area contributed by atoms with Crippen LogP contribution in [0.15, 0.2) is 36.4 Å². The number of methoxy groups -OCH3 is 1. The van der Waals surface area contributed by atoms with Gasteiger partial charge in [-0.3, -0.25) is 0 Å². The lowest BCUT2D eigenvalue weighted by Crippen LogP contribution is -2.31. The van der Waals surface area contributed by atoms with Gasteiger partial charge in [0.1, 0.15) is 6.61 Å². The Hall–Kier alpha value is -1.52. The maximum absolute atomic E-state index is 5.75. The van der Waals surface area contributed by atoms with Crippen molar-refractivity contribution in [2.75, 3.05) is 20.3 Å². The van der Waals surface area contributed by atoms with Gasteiger partial charge in [-0.2, -0.15) is 0 Å². The molecule has 0 radical (unpaired) electrons. The predicted octanol–water partition coefficient (Wildman–Crippen LogP) is 3.66. The number of rotatable bonds is 8. The highest BCUT2D eigenvalue weighted by molar-refractivity contribution is 7.11. The standard InChI is InChI=1S/C17H23NO2S/c1-13(12-15-9-8-14(2)21-15)18-10-11-20-17-7-5-4-6-16(17)19-3/h4-9,13,18H,10-12H2,1-3H3. The molecule has 1 heterocycles. The van der Waals surface area contributed by atoms with E-state index in [9.17, 15) is 0 Å². The molecule has 0 saturated heterocycles. The Labute approximate surface area is 130 Å². The average molecular weight is 305 g/mol. The number of para-hydroxylation sites is 2. The topological polar surface area (TPSA) is 30.5 Å². The van der Waals surface area contributed by atoms with E-state index in [4.69, 9.17) is 9.47 Å². The van der Waals surface area contributed by atoms with E-state index in [-0.39, 0.29) is 0 Å². The monoisotopic (exact) mass is 305 g/mol. The normalized spacial score (nSPS) is 12.1. The van der Waals surface area contributed by atoms with Crippen molar-refractivity contribution in [1.29, 1.82) is 0 Å². The molecule has 0 fully saturated rings. The molecule has 0 bridgehead atoms. The third-order valence-electron chi connectivity index (χ3n) is 3.22. The fourth-order valence-corrected chi connectivity index (χ4v) is 3.19. The van der Waals surface area contributed by atoms with Crippen molar-refractivity contribution in [3.63, 3.8) is 0 Å². The highest BCUT2D eigenvalue weighted by Crippen LogP contribution is 2.25. The van der Waals surface area contributed by atoms with Gasteiger partial charge in [-0.05, 0) is 44.5 Å². The van der Waals surface area contributed by atoms with Crippen LogP contribution in [0.5, 0.6) is 11.5 Å². The third-order valence-corrected chi connectivity index (χ3v) is 4.25. The van der Waals surface area contributed by atoms with Crippen LogP contribution in [-0.2, 0) is 6.42 Å². The lowest BCUT2D eigenvalue weighted by molar-refractivity contribution is 0.287. The van der Waals surface area contributed by atoms with E-state index in [1.54, 1.807) is 7.11 Å². The van der Waals surface area contributed by atoms with Gasteiger partial charge in [-0.15, -0.1) is 11.3 Å². The summed E-state index contributed by atoms with van der Waals surface area (Å²) in [6.45, 7) is 5.81. The maximum Gasteiger partial charge on any atom is 0.161 e. The molecule has 1 unspecified atom stereocenters. The van der Waals surface area contributed by atoms with Crippen LogP contribution in [0.4, 0.5) is 0 Å². The molecule has 0 amide bonds. The molecule has 1 aromatic heterocycles. The number of nitrogens with one attached hydrogen (secondary N) is 1. The maximum atomic E-state index is 5.75. The van der Waals surface area contributed by atoms with Crippen molar-refractivity contribution in [1.82, 2.24) is 5.32 Å². The fourth-order valence-electron chi connectivity index (χ4n) is 2.17. The van der Waals surface area contributed by atoms with Crippen LogP contribution in [0.3, 0.4) is 0 Å². The summed E-state index contributed by atoms with van der Waals surface area (Å²) >= 11 is 1.87. The molecule has 2 rings (SSSR count). The van der Waals surface area contributed by atoms with Crippen LogP contribution in [0.25, 0.3) is 0 Å². The summed E-state index contributed by atoms with van der Waals surface area (Å²) in [5.41, 5.74) is 0. The Kier molecular flexibility index (Phi) is 6.08. The number of hydrogen-bond acceptors (Lipinski definition) is 4. The van der Waals surface area contributed by atoms with Crippen LogP contribution in [0, 0.1) is 6.92 Å². The molecular formula is C17H23NO2S. The van der Waals surface area contributed by atoms with E-state index in [0.29, 0.717) is 12.6 Å². The molecule has 1 atom stereocenters. The second-order valence-corrected chi connectivity index (χ2v) is 6.44. The molecule has 0 saturated carbocycles. The van der Waals surface area contributed by atoms with Gasteiger partial charge in [0, 0.05) is 22.3 Å². The number of benzene rings is 1. The van der Waals surface area contributed by atoms with Crippen LogP contribution < -0.4 is 14.8 Å². The Bertz CT molecular complexity index is 553. The number of thiophene rings is 1. The van der Waals surface area contributed by atoms with Gasteiger partial charge in [0.05, 0.1) is 7.11 Å². The first kappa shape index (κ1) is 15.9. The molecule has 114 valence electrons. The summed E-state index contributed by atoms with van der Waals surface area (Å²) in [4.78, 5) is 2.80.